The van der Waals surface area contributed by atoms with Crippen LogP contribution in [-0.4, -0.2) is 109 Å². The molecule has 0 atom stereocenters. The lowest BCUT2D eigenvalue weighted by atomic mass is 9.96. The minimum Gasteiger partial charge on any atom is -0.496 e. The molecule has 0 aliphatic carbocycles. The molecule has 2 amide bonds. The number of ketones is 2. The van der Waals surface area contributed by atoms with E-state index in [1.807, 2.05) is 62.3 Å². The van der Waals surface area contributed by atoms with Gasteiger partial charge >= 0.3 is 0 Å². The van der Waals surface area contributed by atoms with Crippen molar-refractivity contribution in [1.29, 1.82) is 0 Å². The molecular formula is C41H48N6O8. The van der Waals surface area contributed by atoms with E-state index in [-0.39, 0.29) is 82.7 Å². The number of rotatable bonds is 16. The molecule has 4 rings (SSSR count). The topological polar surface area (TPSA) is 174 Å². The van der Waals surface area contributed by atoms with Gasteiger partial charge in [-0.05, 0) is 47.5 Å². The third-order valence-electron chi connectivity index (χ3n) is 8.47. The van der Waals surface area contributed by atoms with Gasteiger partial charge in [0.25, 0.3) is 11.8 Å². The number of amides is 2. The molecule has 0 spiro atoms. The van der Waals surface area contributed by atoms with Crippen LogP contribution in [-0.2, 0) is 12.8 Å². The highest BCUT2D eigenvalue weighted by Crippen LogP contribution is 2.32. The van der Waals surface area contributed by atoms with E-state index < -0.39 is 11.8 Å². The monoisotopic (exact) mass is 752 g/mol. The Morgan fingerprint density at radius 1 is 0.600 bits per heavy atom. The number of methoxy groups -OCH3 is 4. The van der Waals surface area contributed by atoms with Crippen LogP contribution in [0.15, 0.2) is 77.8 Å². The minimum absolute atomic E-state index is 0.0119. The molecular weight excluding hydrogens is 704 g/mol. The highest BCUT2D eigenvalue weighted by Gasteiger charge is 2.23. The van der Waals surface area contributed by atoms with E-state index in [0.717, 1.165) is 17.2 Å². The number of anilines is 1. The summed E-state index contributed by atoms with van der Waals surface area (Å²) in [5, 5.41) is 5.48. The van der Waals surface area contributed by atoms with E-state index >= 15 is 0 Å². The molecule has 4 N–H and O–H groups in total. The standard InChI is InChI=1S/C41H48N6O8/c1-46(2)41(47(3)4)45-28-15-11-26(12-16-28)20-34(49)30-21-29(35(52-5)23-36(30)53-6)33(48)19-25-9-13-27(14-10-25)44-40(51)32-22-31(39(50)43-18-17-42)37(54-7)24-38(32)55-8/h9-16,21-24H,17-20,42H2,1-8H3,(H,43,50)(H,44,51). The Hall–Kier alpha value is -6.41. The maximum Gasteiger partial charge on any atom is 0.259 e. The van der Waals surface area contributed by atoms with Crippen molar-refractivity contribution in [3.63, 3.8) is 0 Å². The van der Waals surface area contributed by atoms with Gasteiger partial charge in [-0.2, -0.15) is 0 Å². The predicted octanol–water partition coefficient (Wildman–Crippen LogP) is 4.62. The predicted molar refractivity (Wildman–Crippen MR) is 212 cm³/mol. The molecule has 0 aliphatic rings. The third-order valence-corrected chi connectivity index (χ3v) is 8.47. The molecule has 0 aromatic heterocycles. The molecule has 14 nitrogen and oxygen atoms in total. The highest BCUT2D eigenvalue weighted by molar-refractivity contribution is 6.09. The number of nitrogens with zero attached hydrogens (tertiary/aromatic N) is 3. The van der Waals surface area contributed by atoms with Crippen molar-refractivity contribution >= 4 is 40.7 Å². The number of nitrogens with one attached hydrogen (secondary N) is 2. The zero-order valence-corrected chi connectivity index (χ0v) is 32.4. The van der Waals surface area contributed by atoms with Gasteiger partial charge in [-0.1, -0.05) is 24.3 Å². The van der Waals surface area contributed by atoms with E-state index in [2.05, 4.69) is 15.6 Å². The van der Waals surface area contributed by atoms with E-state index in [1.165, 1.54) is 46.6 Å². The Bertz CT molecular complexity index is 2030. The number of aliphatic imine (C=N–C) groups is 1. The van der Waals surface area contributed by atoms with Gasteiger partial charge in [-0.25, -0.2) is 4.99 Å². The average Bonchev–Trinajstić information content (AvgIpc) is 3.18. The number of carbonyl (C=O) groups excluding carboxylic acids is 4. The zero-order valence-electron chi connectivity index (χ0n) is 32.4. The summed E-state index contributed by atoms with van der Waals surface area (Å²) in [4.78, 5) is 61.9. The first-order valence-corrected chi connectivity index (χ1v) is 17.3. The smallest absolute Gasteiger partial charge is 0.259 e. The largest absolute Gasteiger partial charge is 0.496 e. The molecule has 55 heavy (non-hydrogen) atoms. The first-order chi connectivity index (χ1) is 26.3. The second-order valence-electron chi connectivity index (χ2n) is 12.8. The second kappa shape index (κ2) is 19.1. The maximum absolute atomic E-state index is 13.7. The van der Waals surface area contributed by atoms with Crippen molar-refractivity contribution in [2.75, 3.05) is 75.0 Å². The molecule has 14 heteroatoms. The van der Waals surface area contributed by atoms with E-state index in [0.29, 0.717) is 11.3 Å². The van der Waals surface area contributed by atoms with Crippen molar-refractivity contribution in [2.45, 2.75) is 12.8 Å². The van der Waals surface area contributed by atoms with Crippen LogP contribution in [0.3, 0.4) is 0 Å². The first kappa shape index (κ1) is 41.3. The number of ether oxygens (including phenoxy) is 4. The summed E-state index contributed by atoms with van der Waals surface area (Å²) in [6.07, 6.45) is 0.0644. The van der Waals surface area contributed by atoms with Crippen molar-refractivity contribution in [3.05, 3.63) is 106 Å². The Kier molecular flexibility index (Phi) is 14.3. The van der Waals surface area contributed by atoms with Crippen molar-refractivity contribution < 1.29 is 38.1 Å². The Morgan fingerprint density at radius 2 is 1.02 bits per heavy atom. The van der Waals surface area contributed by atoms with E-state index in [9.17, 15) is 19.2 Å². The van der Waals surface area contributed by atoms with Crippen LogP contribution in [0, 0.1) is 0 Å². The quantitative estimate of drug-likeness (QED) is 0.0828. The van der Waals surface area contributed by atoms with E-state index in [1.54, 1.807) is 30.3 Å². The molecule has 0 saturated heterocycles. The molecule has 0 saturated carbocycles. The van der Waals surface area contributed by atoms with E-state index in [4.69, 9.17) is 24.7 Å². The molecule has 4 aromatic rings. The SMILES string of the molecule is COc1cc(OC)c(C(=O)Cc2ccc(NC(=O)c3cc(C(=O)NCCN)c(OC)cc3OC)cc2)cc1C(=O)Cc1ccc(N=C(N(C)C)N(C)C)cc1. The van der Waals surface area contributed by atoms with Crippen molar-refractivity contribution in [1.82, 2.24) is 15.1 Å². The zero-order chi connectivity index (χ0) is 40.2. The number of nitrogens with two attached hydrogens (primary N) is 1. The van der Waals surface area contributed by atoms with Crippen molar-refractivity contribution in [3.8, 4) is 23.0 Å². The summed E-state index contributed by atoms with van der Waals surface area (Å²) < 4.78 is 21.8. The van der Waals surface area contributed by atoms with Gasteiger partial charge in [0.1, 0.15) is 23.0 Å². The number of benzene rings is 4. The normalized spacial score (nSPS) is 10.5. The van der Waals surface area contributed by atoms with Gasteiger partial charge in [0.15, 0.2) is 11.6 Å². The summed E-state index contributed by atoms with van der Waals surface area (Å²) in [5.41, 5.74) is 8.88. The molecule has 290 valence electrons. The Labute approximate surface area is 321 Å². The number of carbonyl (C=O) groups is 4. The fourth-order valence-corrected chi connectivity index (χ4v) is 5.74. The molecule has 0 radical (unpaired) electrons. The van der Waals surface area contributed by atoms with Gasteiger partial charge < -0.3 is 45.1 Å². The third kappa shape index (κ3) is 10.4. The summed E-state index contributed by atoms with van der Waals surface area (Å²) in [6, 6.07) is 20.1. The van der Waals surface area contributed by atoms with Gasteiger partial charge in [0.05, 0.1) is 56.4 Å². The molecule has 0 bridgehead atoms. The summed E-state index contributed by atoms with van der Waals surface area (Å²) in [7, 11) is 13.4. The summed E-state index contributed by atoms with van der Waals surface area (Å²) in [6.45, 7) is 0.493. The van der Waals surface area contributed by atoms with Crippen LogP contribution in [0.25, 0.3) is 0 Å². The van der Waals surface area contributed by atoms with Crippen LogP contribution in [0.2, 0.25) is 0 Å². The first-order valence-electron chi connectivity index (χ1n) is 17.3. The lowest BCUT2D eigenvalue weighted by Crippen LogP contribution is -2.35. The minimum atomic E-state index is -0.524. The van der Waals surface area contributed by atoms with Crippen LogP contribution in [0.1, 0.15) is 52.6 Å². The fraction of sp³-hybridized carbons (Fsp3) is 0.293. The molecule has 0 heterocycles. The Morgan fingerprint density at radius 3 is 1.45 bits per heavy atom. The highest BCUT2D eigenvalue weighted by atomic mass is 16.5. The average molecular weight is 753 g/mol. The number of guanidine groups is 1. The van der Waals surface area contributed by atoms with Gasteiger partial charge in [0.2, 0.25) is 5.96 Å². The number of hydrogen-bond donors (Lipinski definition) is 3. The van der Waals surface area contributed by atoms with Crippen molar-refractivity contribution in [2.24, 2.45) is 10.7 Å². The molecule has 0 unspecified atom stereocenters. The number of hydrogen-bond acceptors (Lipinski definition) is 10. The van der Waals surface area contributed by atoms with Crippen LogP contribution in [0.5, 0.6) is 23.0 Å². The summed E-state index contributed by atoms with van der Waals surface area (Å²) in [5.74, 6) is 0.288. The second-order valence-corrected chi connectivity index (χ2v) is 12.8. The van der Waals surface area contributed by atoms with Crippen LogP contribution >= 0.6 is 0 Å². The lowest BCUT2D eigenvalue weighted by Gasteiger charge is -2.22. The number of Topliss-reactive ketones (excluding diaryl/α,β-unsaturated/α-hetero) is 2. The molecule has 0 fully saturated rings. The van der Waals surface area contributed by atoms with Crippen LogP contribution < -0.4 is 35.3 Å². The van der Waals surface area contributed by atoms with Gasteiger partial charge in [0, 0.05) is 71.9 Å². The van der Waals surface area contributed by atoms with Gasteiger partial charge in [-0.3, -0.25) is 19.2 Å². The Balaban J connectivity index is 1.51. The maximum atomic E-state index is 13.7. The lowest BCUT2D eigenvalue weighted by molar-refractivity contribution is 0.0948. The fourth-order valence-electron chi connectivity index (χ4n) is 5.74. The molecule has 4 aromatic carbocycles. The molecule has 0 aliphatic heterocycles. The van der Waals surface area contributed by atoms with Crippen LogP contribution in [0.4, 0.5) is 11.4 Å². The summed E-state index contributed by atoms with van der Waals surface area (Å²) >= 11 is 0. The van der Waals surface area contributed by atoms with Gasteiger partial charge in [-0.15, -0.1) is 0 Å².